The van der Waals surface area contributed by atoms with Gasteiger partial charge >= 0.3 is 0 Å². The summed E-state index contributed by atoms with van der Waals surface area (Å²) in [6.07, 6.45) is 1.68. The molecule has 1 amide bonds. The molecule has 0 aliphatic heterocycles. The van der Waals surface area contributed by atoms with Gasteiger partial charge in [0.1, 0.15) is 11.6 Å². The number of nitrogens with one attached hydrogen (secondary N) is 2. The molecule has 0 saturated carbocycles. The number of nitrogens with zero attached hydrogens (tertiary/aromatic N) is 3. The number of ether oxygens (including phenoxy) is 1. The van der Waals surface area contributed by atoms with Gasteiger partial charge in [-0.25, -0.2) is 14.4 Å². The molecule has 34 heavy (non-hydrogen) atoms. The summed E-state index contributed by atoms with van der Waals surface area (Å²) < 4.78 is 18.8. The third-order valence-corrected chi connectivity index (χ3v) is 4.65. The van der Waals surface area contributed by atoms with Gasteiger partial charge in [0.15, 0.2) is 5.96 Å². The Morgan fingerprint density at radius 1 is 1.06 bits per heavy atom. The Hall–Kier alpha value is -3.21. The lowest BCUT2D eigenvalue weighted by atomic mass is 10.1. The summed E-state index contributed by atoms with van der Waals surface area (Å²) in [7, 11) is 3.47. The third kappa shape index (κ3) is 8.29. The molecule has 1 aromatic heterocycles. The molecule has 1 heterocycles. The number of rotatable bonds is 8. The number of hydrogen-bond acceptors (Lipinski definition) is 4. The molecule has 0 saturated heterocycles. The van der Waals surface area contributed by atoms with Crippen LogP contribution in [0.1, 0.15) is 28.4 Å². The fourth-order valence-electron chi connectivity index (χ4n) is 2.94. The number of hydrogen-bond donors (Lipinski definition) is 2. The highest BCUT2D eigenvalue weighted by molar-refractivity contribution is 14.0. The SMILES string of the molecule is CCNC(=NCc1ccc(Oc2cccc(F)c2)nc1)NCc1ccc(C(=O)N(C)C)cc1.I. The van der Waals surface area contributed by atoms with E-state index in [1.807, 2.05) is 37.3 Å². The number of amides is 1. The maximum absolute atomic E-state index is 13.3. The van der Waals surface area contributed by atoms with Gasteiger partial charge in [0.25, 0.3) is 5.91 Å². The summed E-state index contributed by atoms with van der Waals surface area (Å²) in [5.74, 6) is 1.07. The van der Waals surface area contributed by atoms with Crippen LogP contribution >= 0.6 is 24.0 Å². The molecule has 0 atom stereocenters. The number of aliphatic imine (C=N–C) groups is 1. The molecule has 3 aromatic rings. The average molecular weight is 577 g/mol. The average Bonchev–Trinajstić information content (AvgIpc) is 2.81. The van der Waals surface area contributed by atoms with Crippen LogP contribution in [-0.2, 0) is 13.1 Å². The molecule has 2 aromatic carbocycles. The number of guanidine groups is 1. The molecule has 0 radical (unpaired) electrons. The van der Waals surface area contributed by atoms with Crippen LogP contribution in [0.5, 0.6) is 11.6 Å². The number of carbonyl (C=O) groups excluding carboxylic acids is 1. The van der Waals surface area contributed by atoms with E-state index in [2.05, 4.69) is 20.6 Å². The zero-order valence-corrected chi connectivity index (χ0v) is 21.7. The lowest BCUT2D eigenvalue weighted by molar-refractivity contribution is 0.0827. The minimum Gasteiger partial charge on any atom is -0.439 e. The largest absolute Gasteiger partial charge is 0.439 e. The second-order valence-electron chi connectivity index (χ2n) is 7.51. The maximum Gasteiger partial charge on any atom is 0.253 e. The van der Waals surface area contributed by atoms with Crippen LogP contribution < -0.4 is 15.4 Å². The van der Waals surface area contributed by atoms with Crippen LogP contribution in [0.3, 0.4) is 0 Å². The lowest BCUT2D eigenvalue weighted by Crippen LogP contribution is -2.36. The summed E-state index contributed by atoms with van der Waals surface area (Å²) in [5, 5.41) is 6.51. The van der Waals surface area contributed by atoms with E-state index < -0.39 is 0 Å². The van der Waals surface area contributed by atoms with E-state index in [-0.39, 0.29) is 35.7 Å². The first-order chi connectivity index (χ1) is 15.9. The first kappa shape index (κ1) is 27.0. The van der Waals surface area contributed by atoms with Crippen LogP contribution in [0.4, 0.5) is 4.39 Å². The smallest absolute Gasteiger partial charge is 0.253 e. The van der Waals surface area contributed by atoms with Crippen LogP contribution in [0.2, 0.25) is 0 Å². The van der Waals surface area contributed by atoms with E-state index in [0.29, 0.717) is 36.2 Å². The predicted octanol–water partition coefficient (Wildman–Crippen LogP) is 4.59. The quantitative estimate of drug-likeness (QED) is 0.233. The highest BCUT2D eigenvalue weighted by Gasteiger charge is 2.07. The van der Waals surface area contributed by atoms with Gasteiger partial charge in [-0.3, -0.25) is 4.79 Å². The Kier molecular flexibility index (Phi) is 10.7. The van der Waals surface area contributed by atoms with Gasteiger partial charge in [0, 0.05) is 51.1 Å². The van der Waals surface area contributed by atoms with E-state index in [1.165, 1.54) is 12.1 Å². The van der Waals surface area contributed by atoms with Crippen molar-refractivity contribution in [2.75, 3.05) is 20.6 Å². The van der Waals surface area contributed by atoms with Crippen LogP contribution in [0.25, 0.3) is 0 Å². The normalized spacial score (nSPS) is 10.8. The second kappa shape index (κ2) is 13.5. The van der Waals surface area contributed by atoms with Crippen molar-refractivity contribution in [1.82, 2.24) is 20.5 Å². The molecule has 0 aliphatic carbocycles. The van der Waals surface area contributed by atoms with Gasteiger partial charge in [0.2, 0.25) is 5.88 Å². The van der Waals surface area contributed by atoms with E-state index >= 15 is 0 Å². The zero-order chi connectivity index (χ0) is 23.6. The van der Waals surface area contributed by atoms with Crippen molar-refractivity contribution in [2.24, 2.45) is 4.99 Å². The van der Waals surface area contributed by atoms with Crippen molar-refractivity contribution in [2.45, 2.75) is 20.0 Å². The second-order valence-corrected chi connectivity index (χ2v) is 7.51. The van der Waals surface area contributed by atoms with Crippen LogP contribution in [0, 0.1) is 5.82 Å². The summed E-state index contributed by atoms with van der Waals surface area (Å²) in [6, 6.07) is 17.0. The monoisotopic (exact) mass is 577 g/mol. The number of carbonyl (C=O) groups is 1. The van der Waals surface area contributed by atoms with E-state index in [4.69, 9.17) is 4.74 Å². The minimum absolute atomic E-state index is 0. The molecular weight excluding hydrogens is 548 g/mol. The fourth-order valence-corrected chi connectivity index (χ4v) is 2.94. The maximum atomic E-state index is 13.3. The van der Waals surface area contributed by atoms with Crippen LogP contribution in [0.15, 0.2) is 71.9 Å². The Balaban J connectivity index is 0.00000408. The molecule has 7 nitrogen and oxygen atoms in total. The van der Waals surface area contributed by atoms with E-state index in [1.54, 1.807) is 43.4 Å². The first-order valence-electron chi connectivity index (χ1n) is 10.7. The van der Waals surface area contributed by atoms with E-state index in [9.17, 15) is 9.18 Å². The minimum atomic E-state index is -0.361. The number of benzene rings is 2. The summed E-state index contributed by atoms with van der Waals surface area (Å²) in [6.45, 7) is 3.72. The topological polar surface area (TPSA) is 78.9 Å². The van der Waals surface area contributed by atoms with E-state index in [0.717, 1.165) is 17.7 Å². The predicted molar refractivity (Wildman–Crippen MR) is 142 cm³/mol. The highest BCUT2D eigenvalue weighted by Crippen LogP contribution is 2.20. The molecule has 0 bridgehead atoms. The van der Waals surface area contributed by atoms with Gasteiger partial charge in [-0.2, -0.15) is 0 Å². The molecule has 2 N–H and O–H groups in total. The zero-order valence-electron chi connectivity index (χ0n) is 19.4. The van der Waals surface area contributed by atoms with Crippen molar-refractivity contribution in [1.29, 1.82) is 0 Å². The molecule has 0 fully saturated rings. The van der Waals surface area contributed by atoms with Crippen molar-refractivity contribution in [3.8, 4) is 11.6 Å². The summed E-state index contributed by atoms with van der Waals surface area (Å²) >= 11 is 0. The van der Waals surface area contributed by atoms with Crippen molar-refractivity contribution in [3.63, 3.8) is 0 Å². The first-order valence-corrected chi connectivity index (χ1v) is 10.7. The van der Waals surface area contributed by atoms with Gasteiger partial charge < -0.3 is 20.3 Å². The molecular formula is C25H29FIN5O2. The molecule has 3 rings (SSSR count). The Morgan fingerprint density at radius 2 is 1.79 bits per heavy atom. The highest BCUT2D eigenvalue weighted by atomic mass is 127. The summed E-state index contributed by atoms with van der Waals surface area (Å²) in [5.41, 5.74) is 2.60. The molecule has 0 spiro atoms. The standard InChI is InChI=1S/C25H28FN5O2.HI/c1-4-27-25(29-15-18-8-11-20(12-9-18)24(32)31(2)3)30-17-19-10-13-23(28-16-19)33-22-7-5-6-21(26)14-22;/h5-14,16H,4,15,17H2,1-3H3,(H2,27,29,30);1H. The van der Waals surface area contributed by atoms with Gasteiger partial charge in [0.05, 0.1) is 6.54 Å². The molecule has 180 valence electrons. The van der Waals surface area contributed by atoms with Gasteiger partial charge in [-0.15, -0.1) is 24.0 Å². The van der Waals surface area contributed by atoms with Crippen molar-refractivity contribution >= 4 is 35.8 Å². The van der Waals surface area contributed by atoms with Crippen LogP contribution in [-0.4, -0.2) is 42.4 Å². The fraction of sp³-hybridized carbons (Fsp3) is 0.240. The number of aromatic nitrogens is 1. The summed E-state index contributed by atoms with van der Waals surface area (Å²) in [4.78, 5) is 22.4. The Labute approximate surface area is 216 Å². The van der Waals surface area contributed by atoms with Gasteiger partial charge in [-0.05, 0) is 42.3 Å². The Morgan fingerprint density at radius 3 is 2.41 bits per heavy atom. The number of pyridine rings is 1. The van der Waals surface area contributed by atoms with Crippen molar-refractivity contribution in [3.05, 3.63) is 89.4 Å². The third-order valence-electron chi connectivity index (χ3n) is 4.65. The molecule has 9 heteroatoms. The van der Waals surface area contributed by atoms with Gasteiger partial charge in [-0.1, -0.05) is 24.3 Å². The molecule has 0 unspecified atom stereocenters. The Bertz CT molecular complexity index is 1090. The van der Waals surface area contributed by atoms with Crippen molar-refractivity contribution < 1.29 is 13.9 Å². The number of halogens is 2. The lowest BCUT2D eigenvalue weighted by Gasteiger charge is -2.13. The molecule has 0 aliphatic rings.